The van der Waals surface area contributed by atoms with E-state index in [4.69, 9.17) is 5.11 Å². The van der Waals surface area contributed by atoms with Crippen molar-refractivity contribution in [3.8, 4) is 0 Å². The maximum absolute atomic E-state index is 8.76. The molecule has 1 aromatic rings. The SMILES string of the molecule is CCCc1ccc(/C(C)=C/CO)cc1. The maximum Gasteiger partial charge on any atom is 0.0618 e. The molecule has 1 rings (SSSR count). The number of hydrogen-bond acceptors (Lipinski definition) is 1. The summed E-state index contributed by atoms with van der Waals surface area (Å²) in [6.07, 6.45) is 4.16. The highest BCUT2D eigenvalue weighted by Gasteiger charge is 1.95. The first-order chi connectivity index (χ1) is 6.77. The lowest BCUT2D eigenvalue weighted by Crippen LogP contribution is -1.86. The van der Waals surface area contributed by atoms with Crippen LogP contribution in [0.15, 0.2) is 30.3 Å². The molecule has 0 amide bonds. The average molecular weight is 190 g/mol. The zero-order chi connectivity index (χ0) is 10.4. The lowest BCUT2D eigenvalue weighted by Gasteiger charge is -2.03. The Balaban J connectivity index is 2.77. The van der Waals surface area contributed by atoms with E-state index in [0.29, 0.717) is 0 Å². The normalized spacial score (nSPS) is 11.8. The van der Waals surface area contributed by atoms with Gasteiger partial charge in [0, 0.05) is 0 Å². The Kier molecular flexibility index (Phi) is 4.41. The van der Waals surface area contributed by atoms with Crippen molar-refractivity contribution in [3.63, 3.8) is 0 Å². The standard InChI is InChI=1S/C13H18O/c1-3-4-12-5-7-13(8-6-12)11(2)9-10-14/h5-9,14H,3-4,10H2,1-2H3/b11-9+. The summed E-state index contributed by atoms with van der Waals surface area (Å²) in [6.45, 7) is 4.32. The monoisotopic (exact) mass is 190 g/mol. The van der Waals surface area contributed by atoms with Crippen LogP contribution in [0.1, 0.15) is 31.4 Å². The van der Waals surface area contributed by atoms with Gasteiger partial charge in [0.2, 0.25) is 0 Å². The molecule has 0 radical (unpaired) electrons. The van der Waals surface area contributed by atoms with Crippen LogP contribution in [0.5, 0.6) is 0 Å². The molecule has 0 heterocycles. The predicted molar refractivity (Wildman–Crippen MR) is 61.2 cm³/mol. The van der Waals surface area contributed by atoms with Gasteiger partial charge >= 0.3 is 0 Å². The van der Waals surface area contributed by atoms with Gasteiger partial charge in [-0.1, -0.05) is 43.7 Å². The molecule has 76 valence electrons. The van der Waals surface area contributed by atoms with E-state index in [1.165, 1.54) is 17.5 Å². The van der Waals surface area contributed by atoms with E-state index in [1.54, 1.807) is 0 Å². The van der Waals surface area contributed by atoms with Gasteiger partial charge in [0.25, 0.3) is 0 Å². The van der Waals surface area contributed by atoms with Gasteiger partial charge < -0.3 is 5.11 Å². The lowest BCUT2D eigenvalue weighted by molar-refractivity contribution is 0.343. The molecule has 1 aromatic carbocycles. The summed E-state index contributed by atoms with van der Waals surface area (Å²) in [5.41, 5.74) is 3.71. The lowest BCUT2D eigenvalue weighted by atomic mass is 10.0. The van der Waals surface area contributed by atoms with Crippen LogP contribution in [-0.2, 0) is 6.42 Å². The third kappa shape index (κ3) is 3.00. The van der Waals surface area contributed by atoms with Crippen molar-refractivity contribution in [3.05, 3.63) is 41.5 Å². The third-order valence-corrected chi connectivity index (χ3v) is 2.35. The molecule has 0 fully saturated rings. The number of allylic oxidation sites excluding steroid dienone is 1. The van der Waals surface area contributed by atoms with E-state index in [2.05, 4.69) is 31.2 Å². The minimum absolute atomic E-state index is 0.114. The number of aryl methyl sites for hydroxylation is 1. The molecule has 0 aromatic heterocycles. The topological polar surface area (TPSA) is 20.2 Å². The number of rotatable bonds is 4. The van der Waals surface area contributed by atoms with Crippen LogP contribution in [0.4, 0.5) is 0 Å². The van der Waals surface area contributed by atoms with E-state index < -0.39 is 0 Å². The Morgan fingerprint density at radius 3 is 2.43 bits per heavy atom. The second kappa shape index (κ2) is 5.61. The van der Waals surface area contributed by atoms with Crippen LogP contribution >= 0.6 is 0 Å². The van der Waals surface area contributed by atoms with Crippen molar-refractivity contribution < 1.29 is 5.11 Å². The molecule has 0 aliphatic heterocycles. The summed E-state index contributed by atoms with van der Waals surface area (Å²) in [4.78, 5) is 0. The van der Waals surface area contributed by atoms with Gasteiger partial charge in [0.1, 0.15) is 0 Å². The zero-order valence-corrected chi connectivity index (χ0v) is 8.96. The van der Waals surface area contributed by atoms with Gasteiger partial charge in [0.15, 0.2) is 0 Å². The van der Waals surface area contributed by atoms with E-state index in [0.717, 1.165) is 12.0 Å². The molecular formula is C13H18O. The van der Waals surface area contributed by atoms with Gasteiger partial charge in [-0.3, -0.25) is 0 Å². The Hall–Kier alpha value is -1.08. The van der Waals surface area contributed by atoms with Crippen molar-refractivity contribution in [2.45, 2.75) is 26.7 Å². The second-order valence-electron chi connectivity index (χ2n) is 3.52. The molecule has 1 nitrogen and oxygen atoms in total. The van der Waals surface area contributed by atoms with E-state index >= 15 is 0 Å². The Morgan fingerprint density at radius 1 is 1.29 bits per heavy atom. The van der Waals surface area contributed by atoms with Crippen LogP contribution in [0.3, 0.4) is 0 Å². The van der Waals surface area contributed by atoms with Crippen molar-refractivity contribution in [1.82, 2.24) is 0 Å². The largest absolute Gasteiger partial charge is 0.392 e. The first-order valence-electron chi connectivity index (χ1n) is 5.15. The molecule has 1 N–H and O–H groups in total. The van der Waals surface area contributed by atoms with Crippen molar-refractivity contribution >= 4 is 5.57 Å². The Morgan fingerprint density at radius 2 is 1.93 bits per heavy atom. The molecule has 14 heavy (non-hydrogen) atoms. The highest BCUT2D eigenvalue weighted by Crippen LogP contribution is 2.14. The third-order valence-electron chi connectivity index (χ3n) is 2.35. The first-order valence-corrected chi connectivity index (χ1v) is 5.15. The van der Waals surface area contributed by atoms with Gasteiger partial charge in [-0.25, -0.2) is 0 Å². The molecule has 0 aliphatic carbocycles. The Bertz CT molecular complexity index is 296. The second-order valence-corrected chi connectivity index (χ2v) is 3.52. The summed E-state index contributed by atoms with van der Waals surface area (Å²) >= 11 is 0. The molecule has 0 bridgehead atoms. The minimum atomic E-state index is 0.114. The van der Waals surface area contributed by atoms with Gasteiger partial charge in [-0.05, 0) is 30.0 Å². The quantitative estimate of drug-likeness (QED) is 0.773. The molecule has 0 spiro atoms. The van der Waals surface area contributed by atoms with Crippen LogP contribution < -0.4 is 0 Å². The van der Waals surface area contributed by atoms with Crippen LogP contribution in [-0.4, -0.2) is 11.7 Å². The average Bonchev–Trinajstić information content (AvgIpc) is 2.20. The van der Waals surface area contributed by atoms with Crippen molar-refractivity contribution in [2.75, 3.05) is 6.61 Å². The minimum Gasteiger partial charge on any atom is -0.392 e. The smallest absolute Gasteiger partial charge is 0.0618 e. The van der Waals surface area contributed by atoms with Crippen molar-refractivity contribution in [1.29, 1.82) is 0 Å². The van der Waals surface area contributed by atoms with Gasteiger partial charge in [0.05, 0.1) is 6.61 Å². The summed E-state index contributed by atoms with van der Waals surface area (Å²) in [5, 5.41) is 8.76. The van der Waals surface area contributed by atoms with Crippen molar-refractivity contribution in [2.24, 2.45) is 0 Å². The molecule has 0 atom stereocenters. The molecule has 0 aliphatic rings. The van der Waals surface area contributed by atoms with E-state index in [-0.39, 0.29) is 6.61 Å². The van der Waals surface area contributed by atoms with Gasteiger partial charge in [-0.2, -0.15) is 0 Å². The summed E-state index contributed by atoms with van der Waals surface area (Å²) in [7, 11) is 0. The fourth-order valence-electron chi connectivity index (χ4n) is 1.48. The molecule has 0 unspecified atom stereocenters. The Labute approximate surface area is 86.1 Å². The number of aliphatic hydroxyl groups excluding tert-OH is 1. The summed E-state index contributed by atoms with van der Waals surface area (Å²) in [6, 6.07) is 8.56. The zero-order valence-electron chi connectivity index (χ0n) is 8.96. The molecule has 1 heteroatoms. The maximum atomic E-state index is 8.76. The molecule has 0 saturated heterocycles. The van der Waals surface area contributed by atoms with E-state index in [1.807, 2.05) is 13.0 Å². The first kappa shape index (κ1) is 11.0. The molecular weight excluding hydrogens is 172 g/mol. The highest BCUT2D eigenvalue weighted by atomic mass is 16.2. The highest BCUT2D eigenvalue weighted by molar-refractivity contribution is 5.63. The number of aliphatic hydroxyl groups is 1. The summed E-state index contributed by atoms with van der Waals surface area (Å²) in [5.74, 6) is 0. The van der Waals surface area contributed by atoms with Crippen LogP contribution in [0.25, 0.3) is 5.57 Å². The van der Waals surface area contributed by atoms with E-state index in [9.17, 15) is 0 Å². The molecule has 0 saturated carbocycles. The fraction of sp³-hybridized carbons (Fsp3) is 0.385. The predicted octanol–water partition coefficient (Wildman–Crippen LogP) is 3.03. The summed E-state index contributed by atoms with van der Waals surface area (Å²) < 4.78 is 0. The number of hydrogen-bond donors (Lipinski definition) is 1. The van der Waals surface area contributed by atoms with Crippen LogP contribution in [0, 0.1) is 0 Å². The number of benzene rings is 1. The van der Waals surface area contributed by atoms with Gasteiger partial charge in [-0.15, -0.1) is 0 Å². The fourth-order valence-corrected chi connectivity index (χ4v) is 1.48. The van der Waals surface area contributed by atoms with Crippen LogP contribution in [0.2, 0.25) is 0 Å².